The Balaban J connectivity index is 2.19. The van der Waals surface area contributed by atoms with Gasteiger partial charge < -0.3 is 4.74 Å². The Hall–Kier alpha value is -1.80. The molecular formula is C16H15ClO2. The molecule has 2 aromatic carbocycles. The third kappa shape index (κ3) is 3.36. The molecule has 98 valence electrons. The Morgan fingerprint density at radius 1 is 1.00 bits per heavy atom. The molecule has 0 aliphatic heterocycles. The predicted octanol–water partition coefficient (Wildman–Crippen LogP) is 4.17. The second kappa shape index (κ2) is 6.39. The smallest absolute Gasteiger partial charge is 0.164 e. The molecule has 2 rings (SSSR count). The Labute approximate surface area is 118 Å². The van der Waals surface area contributed by atoms with E-state index in [0.29, 0.717) is 17.9 Å². The second-order valence-electron chi connectivity index (χ2n) is 4.17. The summed E-state index contributed by atoms with van der Waals surface area (Å²) in [5.74, 6) is 1.27. The van der Waals surface area contributed by atoms with Crippen molar-refractivity contribution in [2.24, 2.45) is 0 Å². The summed E-state index contributed by atoms with van der Waals surface area (Å²) < 4.78 is 5.13. The highest BCUT2D eigenvalue weighted by Crippen LogP contribution is 2.23. The van der Waals surface area contributed by atoms with Crippen molar-refractivity contribution in [3.63, 3.8) is 0 Å². The van der Waals surface area contributed by atoms with Gasteiger partial charge in [0, 0.05) is 17.9 Å². The molecule has 0 aliphatic rings. The number of alkyl halides is 1. The number of rotatable bonds is 5. The summed E-state index contributed by atoms with van der Waals surface area (Å²) in [4.78, 5) is 11.7. The fourth-order valence-electron chi connectivity index (χ4n) is 1.86. The van der Waals surface area contributed by atoms with E-state index in [0.717, 1.165) is 16.9 Å². The number of halogens is 1. The standard InChI is InChI=1S/C16H15ClO2/c1-19-15-8-6-13(7-9-15)12-2-4-14(5-3-12)16(18)10-11-17/h2-9H,10-11H2,1H3. The van der Waals surface area contributed by atoms with Gasteiger partial charge in [-0.1, -0.05) is 36.4 Å². The first-order chi connectivity index (χ1) is 9.24. The van der Waals surface area contributed by atoms with Crippen LogP contribution in [0.15, 0.2) is 48.5 Å². The highest BCUT2D eigenvalue weighted by molar-refractivity contribution is 6.19. The van der Waals surface area contributed by atoms with Crippen LogP contribution in [0.1, 0.15) is 16.8 Å². The molecular weight excluding hydrogens is 260 g/mol. The van der Waals surface area contributed by atoms with Crippen LogP contribution >= 0.6 is 11.6 Å². The molecule has 2 aromatic rings. The fraction of sp³-hybridized carbons (Fsp3) is 0.188. The van der Waals surface area contributed by atoms with E-state index >= 15 is 0 Å². The molecule has 0 aromatic heterocycles. The maximum absolute atomic E-state index is 11.7. The first kappa shape index (κ1) is 13.6. The lowest BCUT2D eigenvalue weighted by molar-refractivity contribution is 0.0989. The van der Waals surface area contributed by atoms with Gasteiger partial charge in [0.2, 0.25) is 0 Å². The zero-order chi connectivity index (χ0) is 13.7. The van der Waals surface area contributed by atoms with Crippen molar-refractivity contribution in [2.75, 3.05) is 13.0 Å². The molecule has 0 spiro atoms. The van der Waals surface area contributed by atoms with Crippen molar-refractivity contribution in [1.82, 2.24) is 0 Å². The molecule has 0 saturated heterocycles. The number of ketones is 1. The summed E-state index contributed by atoms with van der Waals surface area (Å²) in [5, 5.41) is 0. The Morgan fingerprint density at radius 3 is 2.00 bits per heavy atom. The van der Waals surface area contributed by atoms with Crippen LogP contribution in [0.4, 0.5) is 0 Å². The van der Waals surface area contributed by atoms with Gasteiger partial charge in [-0.3, -0.25) is 4.79 Å². The molecule has 0 unspecified atom stereocenters. The number of hydrogen-bond acceptors (Lipinski definition) is 2. The van der Waals surface area contributed by atoms with Gasteiger partial charge >= 0.3 is 0 Å². The number of methoxy groups -OCH3 is 1. The number of ether oxygens (including phenoxy) is 1. The van der Waals surface area contributed by atoms with E-state index in [-0.39, 0.29) is 5.78 Å². The van der Waals surface area contributed by atoms with Crippen LogP contribution in [-0.4, -0.2) is 18.8 Å². The summed E-state index contributed by atoms with van der Waals surface area (Å²) >= 11 is 5.57. The molecule has 0 fully saturated rings. The van der Waals surface area contributed by atoms with Gasteiger partial charge in [-0.05, 0) is 23.3 Å². The molecule has 0 radical (unpaired) electrons. The van der Waals surface area contributed by atoms with Gasteiger partial charge in [0.25, 0.3) is 0 Å². The minimum atomic E-state index is 0.0799. The second-order valence-corrected chi connectivity index (χ2v) is 4.55. The van der Waals surface area contributed by atoms with E-state index in [1.165, 1.54) is 0 Å². The summed E-state index contributed by atoms with van der Waals surface area (Å²) in [7, 11) is 1.65. The summed E-state index contributed by atoms with van der Waals surface area (Å²) in [6.45, 7) is 0. The minimum absolute atomic E-state index is 0.0799. The lowest BCUT2D eigenvalue weighted by Gasteiger charge is -2.05. The van der Waals surface area contributed by atoms with Crippen molar-refractivity contribution in [3.8, 4) is 16.9 Å². The molecule has 3 heteroatoms. The summed E-state index contributed by atoms with van der Waals surface area (Å²) in [6, 6.07) is 15.4. The normalized spacial score (nSPS) is 10.2. The van der Waals surface area contributed by atoms with Crippen LogP contribution in [0.25, 0.3) is 11.1 Å². The third-order valence-corrected chi connectivity index (χ3v) is 3.14. The number of benzene rings is 2. The van der Waals surface area contributed by atoms with Crippen molar-refractivity contribution >= 4 is 17.4 Å². The largest absolute Gasteiger partial charge is 0.497 e. The maximum atomic E-state index is 11.7. The minimum Gasteiger partial charge on any atom is -0.497 e. The van der Waals surface area contributed by atoms with E-state index in [2.05, 4.69) is 0 Å². The number of Topliss-reactive ketones (excluding diaryl/α,β-unsaturated/α-hetero) is 1. The van der Waals surface area contributed by atoms with E-state index in [1.54, 1.807) is 7.11 Å². The Bertz CT molecular complexity index is 544. The van der Waals surface area contributed by atoms with E-state index in [1.807, 2.05) is 48.5 Å². The monoisotopic (exact) mass is 274 g/mol. The van der Waals surface area contributed by atoms with Crippen LogP contribution in [0.5, 0.6) is 5.75 Å². The van der Waals surface area contributed by atoms with Crippen molar-refractivity contribution in [2.45, 2.75) is 6.42 Å². The highest BCUT2D eigenvalue weighted by Gasteiger charge is 2.05. The Morgan fingerprint density at radius 2 is 1.53 bits per heavy atom. The number of carbonyl (C=O) groups is 1. The number of hydrogen-bond donors (Lipinski definition) is 0. The molecule has 0 amide bonds. The quantitative estimate of drug-likeness (QED) is 0.604. The average molecular weight is 275 g/mol. The van der Waals surface area contributed by atoms with Crippen LogP contribution in [0, 0.1) is 0 Å². The molecule has 0 saturated carbocycles. The molecule has 0 heterocycles. The molecule has 19 heavy (non-hydrogen) atoms. The SMILES string of the molecule is COc1ccc(-c2ccc(C(=O)CCCl)cc2)cc1. The van der Waals surface area contributed by atoms with Gasteiger partial charge in [0.1, 0.15) is 5.75 Å². The van der Waals surface area contributed by atoms with Crippen LogP contribution < -0.4 is 4.74 Å². The van der Waals surface area contributed by atoms with E-state index in [4.69, 9.17) is 16.3 Å². The first-order valence-electron chi connectivity index (χ1n) is 6.08. The summed E-state index contributed by atoms with van der Waals surface area (Å²) in [6.07, 6.45) is 0.378. The molecule has 0 N–H and O–H groups in total. The van der Waals surface area contributed by atoms with Gasteiger partial charge in [-0.15, -0.1) is 11.6 Å². The predicted molar refractivity (Wildman–Crippen MR) is 78.1 cm³/mol. The van der Waals surface area contributed by atoms with Gasteiger partial charge in [0.05, 0.1) is 7.11 Å². The van der Waals surface area contributed by atoms with Crippen LogP contribution in [-0.2, 0) is 0 Å². The average Bonchev–Trinajstić information content (AvgIpc) is 2.48. The molecule has 2 nitrogen and oxygen atoms in total. The maximum Gasteiger partial charge on any atom is 0.164 e. The zero-order valence-electron chi connectivity index (χ0n) is 10.7. The topological polar surface area (TPSA) is 26.3 Å². The van der Waals surface area contributed by atoms with E-state index in [9.17, 15) is 4.79 Å². The lowest BCUT2D eigenvalue weighted by atomic mass is 10.0. The third-order valence-electron chi connectivity index (χ3n) is 2.95. The number of carbonyl (C=O) groups excluding carboxylic acids is 1. The summed E-state index contributed by atoms with van der Waals surface area (Å²) in [5.41, 5.74) is 2.88. The fourth-order valence-corrected chi connectivity index (χ4v) is 2.03. The van der Waals surface area contributed by atoms with Gasteiger partial charge in [-0.2, -0.15) is 0 Å². The van der Waals surface area contributed by atoms with Crippen molar-refractivity contribution < 1.29 is 9.53 Å². The van der Waals surface area contributed by atoms with Gasteiger partial charge in [-0.25, -0.2) is 0 Å². The molecule has 0 aliphatic carbocycles. The van der Waals surface area contributed by atoms with E-state index < -0.39 is 0 Å². The van der Waals surface area contributed by atoms with Crippen molar-refractivity contribution in [3.05, 3.63) is 54.1 Å². The zero-order valence-corrected chi connectivity index (χ0v) is 11.5. The van der Waals surface area contributed by atoms with Crippen LogP contribution in [0.3, 0.4) is 0 Å². The molecule has 0 bridgehead atoms. The lowest BCUT2D eigenvalue weighted by Crippen LogP contribution is -1.99. The molecule has 0 atom stereocenters. The Kier molecular flexibility index (Phi) is 4.58. The van der Waals surface area contributed by atoms with Crippen molar-refractivity contribution in [1.29, 1.82) is 0 Å². The van der Waals surface area contributed by atoms with Crippen LogP contribution in [0.2, 0.25) is 0 Å². The van der Waals surface area contributed by atoms with Gasteiger partial charge in [0.15, 0.2) is 5.78 Å². The first-order valence-corrected chi connectivity index (χ1v) is 6.61. The highest BCUT2D eigenvalue weighted by atomic mass is 35.5.